The Labute approximate surface area is 174 Å². The summed E-state index contributed by atoms with van der Waals surface area (Å²) in [4.78, 5) is 12.6. The topological polar surface area (TPSA) is 102 Å². The van der Waals surface area contributed by atoms with Crippen LogP contribution in [0, 0.1) is 0 Å². The quantitative estimate of drug-likeness (QED) is 0.577. The molecule has 0 unspecified atom stereocenters. The highest BCUT2D eigenvalue weighted by atomic mass is 32.2. The molecule has 1 aliphatic rings. The fourth-order valence-electron chi connectivity index (χ4n) is 3.00. The molecule has 2 aromatic carbocycles. The third-order valence-electron chi connectivity index (χ3n) is 4.69. The van der Waals surface area contributed by atoms with Crippen LogP contribution < -0.4 is 14.8 Å². The Hall–Kier alpha value is -3.17. The standard InChI is InChI=1S/C21H22N4O4S/c1-29-19-10-7-16(11-20(19)30(27,28)24-17-8-9-17)21(26)23-18-12-22-25(14-18)13-15-5-3-2-4-6-15/h2-7,10-12,14,17,24H,8-9,13H2,1H3,(H,23,26). The number of nitrogens with zero attached hydrogens (tertiary/aromatic N) is 2. The summed E-state index contributed by atoms with van der Waals surface area (Å²) in [5.74, 6) is -0.241. The Bertz CT molecular complexity index is 1150. The van der Waals surface area contributed by atoms with Crippen LogP contribution in [0.2, 0.25) is 0 Å². The molecule has 0 bridgehead atoms. The van der Waals surface area contributed by atoms with Crippen LogP contribution in [0.25, 0.3) is 0 Å². The van der Waals surface area contributed by atoms with Crippen molar-refractivity contribution in [3.05, 3.63) is 72.1 Å². The van der Waals surface area contributed by atoms with E-state index in [0.717, 1.165) is 18.4 Å². The molecule has 1 aromatic heterocycles. The van der Waals surface area contributed by atoms with Gasteiger partial charge in [-0.1, -0.05) is 30.3 Å². The number of carbonyl (C=O) groups excluding carboxylic acids is 1. The van der Waals surface area contributed by atoms with Gasteiger partial charge in [0.2, 0.25) is 10.0 Å². The first-order chi connectivity index (χ1) is 14.4. The first-order valence-corrected chi connectivity index (χ1v) is 11.0. The van der Waals surface area contributed by atoms with Crippen LogP contribution in [0.3, 0.4) is 0 Å². The Morgan fingerprint density at radius 2 is 1.97 bits per heavy atom. The molecule has 0 radical (unpaired) electrons. The monoisotopic (exact) mass is 426 g/mol. The molecule has 0 aliphatic heterocycles. The van der Waals surface area contributed by atoms with Crippen molar-refractivity contribution in [2.45, 2.75) is 30.3 Å². The van der Waals surface area contributed by atoms with Crippen LogP contribution in [0.1, 0.15) is 28.8 Å². The van der Waals surface area contributed by atoms with Gasteiger partial charge in [-0.15, -0.1) is 0 Å². The number of carbonyl (C=O) groups is 1. The molecule has 1 saturated carbocycles. The highest BCUT2D eigenvalue weighted by molar-refractivity contribution is 7.89. The molecule has 1 fully saturated rings. The maximum absolute atomic E-state index is 12.7. The summed E-state index contributed by atoms with van der Waals surface area (Å²) in [6.45, 7) is 0.578. The molecule has 0 atom stereocenters. The minimum Gasteiger partial charge on any atom is -0.495 e. The maximum Gasteiger partial charge on any atom is 0.255 e. The summed E-state index contributed by atoms with van der Waals surface area (Å²) in [5.41, 5.74) is 1.82. The molecule has 4 rings (SSSR count). The van der Waals surface area contributed by atoms with E-state index in [4.69, 9.17) is 4.74 Å². The minimum absolute atomic E-state index is 0.0485. The van der Waals surface area contributed by atoms with Crippen molar-refractivity contribution < 1.29 is 17.9 Å². The molecule has 0 saturated heterocycles. The van der Waals surface area contributed by atoms with Crippen LogP contribution in [0.4, 0.5) is 5.69 Å². The van der Waals surface area contributed by atoms with E-state index in [9.17, 15) is 13.2 Å². The number of hydrogen-bond donors (Lipinski definition) is 2. The molecule has 1 aliphatic carbocycles. The van der Waals surface area contributed by atoms with Gasteiger partial charge in [0.05, 0.1) is 25.5 Å². The summed E-state index contributed by atoms with van der Waals surface area (Å²) in [7, 11) is -2.38. The molecule has 156 valence electrons. The van der Waals surface area contributed by atoms with E-state index in [1.807, 2.05) is 30.3 Å². The molecule has 1 amide bonds. The molecule has 2 N–H and O–H groups in total. The Balaban J connectivity index is 1.50. The smallest absolute Gasteiger partial charge is 0.255 e. The first kappa shape index (κ1) is 20.1. The second kappa shape index (κ2) is 8.29. The van der Waals surface area contributed by atoms with Gasteiger partial charge in [0, 0.05) is 17.8 Å². The zero-order chi connectivity index (χ0) is 21.1. The third-order valence-corrected chi connectivity index (χ3v) is 6.23. The van der Waals surface area contributed by atoms with Gasteiger partial charge in [0.15, 0.2) is 0 Å². The van der Waals surface area contributed by atoms with E-state index >= 15 is 0 Å². The van der Waals surface area contributed by atoms with Gasteiger partial charge in [0.25, 0.3) is 5.91 Å². The molecule has 30 heavy (non-hydrogen) atoms. The van der Waals surface area contributed by atoms with Crippen LogP contribution >= 0.6 is 0 Å². The van der Waals surface area contributed by atoms with Gasteiger partial charge >= 0.3 is 0 Å². The first-order valence-electron chi connectivity index (χ1n) is 9.53. The van der Waals surface area contributed by atoms with E-state index in [-0.39, 0.29) is 22.3 Å². The maximum atomic E-state index is 12.7. The number of sulfonamides is 1. The van der Waals surface area contributed by atoms with Gasteiger partial charge in [-0.25, -0.2) is 13.1 Å². The van der Waals surface area contributed by atoms with Crippen LogP contribution in [-0.2, 0) is 16.6 Å². The highest BCUT2D eigenvalue weighted by Crippen LogP contribution is 2.28. The summed E-state index contributed by atoms with van der Waals surface area (Å²) in [6, 6.07) is 14.1. The lowest BCUT2D eigenvalue weighted by molar-refractivity contribution is 0.102. The normalized spacial score (nSPS) is 13.8. The number of anilines is 1. The predicted octanol–water partition coefficient (Wildman–Crippen LogP) is 2.63. The minimum atomic E-state index is -3.77. The number of ether oxygens (including phenoxy) is 1. The lowest BCUT2D eigenvalue weighted by Gasteiger charge is -2.12. The highest BCUT2D eigenvalue weighted by Gasteiger charge is 2.30. The Morgan fingerprint density at radius 3 is 2.67 bits per heavy atom. The van der Waals surface area contributed by atoms with Crippen LogP contribution in [0.5, 0.6) is 5.75 Å². The van der Waals surface area contributed by atoms with E-state index in [2.05, 4.69) is 15.1 Å². The number of amides is 1. The second-order valence-corrected chi connectivity index (χ2v) is 8.81. The molecule has 9 heteroatoms. The van der Waals surface area contributed by atoms with Crippen molar-refractivity contribution in [3.8, 4) is 5.75 Å². The fraction of sp³-hybridized carbons (Fsp3) is 0.238. The third kappa shape index (κ3) is 4.69. The van der Waals surface area contributed by atoms with E-state index < -0.39 is 15.9 Å². The number of rotatable bonds is 8. The summed E-state index contributed by atoms with van der Waals surface area (Å²) < 4.78 is 34.8. The van der Waals surface area contributed by atoms with Crippen molar-refractivity contribution in [3.63, 3.8) is 0 Å². The molecular formula is C21H22N4O4S. The zero-order valence-corrected chi connectivity index (χ0v) is 17.2. The fourth-order valence-corrected chi connectivity index (χ4v) is 4.50. The van der Waals surface area contributed by atoms with Crippen molar-refractivity contribution >= 4 is 21.6 Å². The molecule has 1 heterocycles. The Morgan fingerprint density at radius 1 is 1.20 bits per heavy atom. The number of methoxy groups -OCH3 is 1. The summed E-state index contributed by atoms with van der Waals surface area (Å²) in [5, 5.41) is 7.01. The van der Waals surface area contributed by atoms with Gasteiger partial charge < -0.3 is 10.1 Å². The van der Waals surface area contributed by atoms with E-state index in [1.165, 1.54) is 25.3 Å². The SMILES string of the molecule is COc1ccc(C(=O)Nc2cnn(Cc3ccccc3)c2)cc1S(=O)(=O)NC1CC1. The van der Waals surface area contributed by atoms with Crippen molar-refractivity contribution in [1.82, 2.24) is 14.5 Å². The van der Waals surface area contributed by atoms with Gasteiger partial charge in [-0.05, 0) is 36.6 Å². The second-order valence-electron chi connectivity index (χ2n) is 7.13. The largest absolute Gasteiger partial charge is 0.495 e. The number of benzene rings is 2. The van der Waals surface area contributed by atoms with E-state index in [0.29, 0.717) is 12.2 Å². The van der Waals surface area contributed by atoms with Crippen molar-refractivity contribution in [1.29, 1.82) is 0 Å². The van der Waals surface area contributed by atoms with Gasteiger partial charge in [-0.2, -0.15) is 5.10 Å². The lowest BCUT2D eigenvalue weighted by atomic mass is 10.2. The summed E-state index contributed by atoms with van der Waals surface area (Å²) >= 11 is 0. The zero-order valence-electron chi connectivity index (χ0n) is 16.4. The number of aromatic nitrogens is 2. The number of nitrogens with one attached hydrogen (secondary N) is 2. The molecule has 3 aromatic rings. The van der Waals surface area contributed by atoms with Gasteiger partial charge in [-0.3, -0.25) is 9.48 Å². The predicted molar refractivity (Wildman–Crippen MR) is 112 cm³/mol. The lowest BCUT2D eigenvalue weighted by Crippen LogP contribution is -2.26. The average molecular weight is 426 g/mol. The van der Waals surface area contributed by atoms with Crippen LogP contribution in [0.15, 0.2) is 65.8 Å². The molecule has 0 spiro atoms. The Kier molecular flexibility index (Phi) is 5.56. The van der Waals surface area contributed by atoms with E-state index in [1.54, 1.807) is 17.1 Å². The molecule has 8 nitrogen and oxygen atoms in total. The average Bonchev–Trinajstić information content (AvgIpc) is 3.44. The van der Waals surface area contributed by atoms with Gasteiger partial charge in [0.1, 0.15) is 10.6 Å². The van der Waals surface area contributed by atoms with Crippen LogP contribution in [-0.4, -0.2) is 37.3 Å². The van der Waals surface area contributed by atoms with Crippen molar-refractivity contribution in [2.24, 2.45) is 0 Å². The molecular weight excluding hydrogens is 404 g/mol. The van der Waals surface area contributed by atoms with Crippen molar-refractivity contribution in [2.75, 3.05) is 12.4 Å². The summed E-state index contributed by atoms with van der Waals surface area (Å²) in [6.07, 6.45) is 4.90. The number of hydrogen-bond acceptors (Lipinski definition) is 5.